The minimum Gasteiger partial charge on any atom is -0.229 e. The first-order valence-corrected chi connectivity index (χ1v) is 10.2. The van der Waals surface area contributed by atoms with Crippen molar-refractivity contribution in [1.82, 2.24) is 9.97 Å². The molecule has 2 heteroatoms. The van der Waals surface area contributed by atoms with Gasteiger partial charge in [-0.2, -0.15) is 0 Å². The molecule has 0 saturated heterocycles. The number of aromatic nitrogens is 2. The molecule has 3 rings (SSSR count). The molecule has 1 aromatic heterocycles. The summed E-state index contributed by atoms with van der Waals surface area (Å²) in [6, 6.07) is 8.80. The fraction of sp³-hybridized carbons (Fsp3) is 0.500. The predicted molar refractivity (Wildman–Crippen MR) is 108 cm³/mol. The van der Waals surface area contributed by atoms with Gasteiger partial charge in [0.15, 0.2) is 0 Å². The Labute approximate surface area is 158 Å². The second-order valence-electron chi connectivity index (χ2n) is 7.52. The van der Waals surface area contributed by atoms with Gasteiger partial charge in [-0.1, -0.05) is 44.7 Å². The van der Waals surface area contributed by atoms with Gasteiger partial charge in [-0.3, -0.25) is 0 Å². The summed E-state index contributed by atoms with van der Waals surface area (Å²) in [5, 5.41) is 0. The van der Waals surface area contributed by atoms with Crippen molar-refractivity contribution in [3.05, 3.63) is 59.2 Å². The first-order chi connectivity index (χ1) is 12.8. The predicted octanol–water partition coefficient (Wildman–Crippen LogP) is 5.90. The lowest BCUT2D eigenvalue weighted by Gasteiger charge is -2.28. The molecule has 1 aliphatic rings. The van der Waals surface area contributed by atoms with Crippen molar-refractivity contribution in [2.24, 2.45) is 5.92 Å². The number of rotatable bonds is 5. The summed E-state index contributed by atoms with van der Waals surface area (Å²) in [5.74, 6) is 8.57. The van der Waals surface area contributed by atoms with E-state index >= 15 is 0 Å². The average molecular weight is 347 g/mol. The van der Waals surface area contributed by atoms with E-state index in [0.29, 0.717) is 5.82 Å². The van der Waals surface area contributed by atoms with Crippen LogP contribution in [0, 0.1) is 17.8 Å². The maximum absolute atomic E-state index is 4.37. The van der Waals surface area contributed by atoms with Crippen molar-refractivity contribution >= 4 is 0 Å². The highest BCUT2D eigenvalue weighted by molar-refractivity contribution is 5.40. The molecular formula is C24H30N2. The summed E-state index contributed by atoms with van der Waals surface area (Å²) < 4.78 is 0. The third kappa shape index (κ3) is 5.18. The van der Waals surface area contributed by atoms with Gasteiger partial charge in [0.25, 0.3) is 0 Å². The molecule has 0 aliphatic heterocycles. The maximum Gasteiger partial charge on any atom is 0.205 e. The van der Waals surface area contributed by atoms with Gasteiger partial charge in [-0.25, -0.2) is 9.97 Å². The first-order valence-electron chi connectivity index (χ1n) is 10.2. The van der Waals surface area contributed by atoms with Crippen LogP contribution in [-0.2, 0) is 6.42 Å². The molecule has 1 fully saturated rings. The number of nitrogens with zero attached hydrogens (tertiary/aromatic N) is 2. The second kappa shape index (κ2) is 9.53. The lowest BCUT2D eigenvalue weighted by atomic mass is 9.78. The number of unbranched alkanes of at least 4 members (excludes halogenated alkanes) is 1. The van der Waals surface area contributed by atoms with Gasteiger partial charge in [0, 0.05) is 18.0 Å². The molecule has 0 N–H and O–H groups in total. The third-order valence-corrected chi connectivity index (χ3v) is 5.65. The zero-order valence-corrected chi connectivity index (χ0v) is 16.2. The smallest absolute Gasteiger partial charge is 0.205 e. The van der Waals surface area contributed by atoms with Crippen molar-refractivity contribution in [3.8, 4) is 11.8 Å². The van der Waals surface area contributed by atoms with Crippen molar-refractivity contribution in [1.29, 1.82) is 0 Å². The Hall–Kier alpha value is -2.14. The molecule has 1 saturated carbocycles. The Morgan fingerprint density at radius 3 is 2.23 bits per heavy atom. The van der Waals surface area contributed by atoms with E-state index < -0.39 is 0 Å². The van der Waals surface area contributed by atoms with Crippen LogP contribution in [0.5, 0.6) is 0 Å². The van der Waals surface area contributed by atoms with Crippen LogP contribution in [0.2, 0.25) is 0 Å². The largest absolute Gasteiger partial charge is 0.229 e. The molecule has 0 unspecified atom stereocenters. The molecule has 26 heavy (non-hydrogen) atoms. The van der Waals surface area contributed by atoms with Crippen molar-refractivity contribution in [2.75, 3.05) is 0 Å². The number of hydrogen-bond acceptors (Lipinski definition) is 2. The number of benzene rings is 1. The fourth-order valence-corrected chi connectivity index (χ4v) is 3.80. The van der Waals surface area contributed by atoms with E-state index in [-0.39, 0.29) is 0 Å². The SMILES string of the molecule is CCCCc1cnc(C#Cc2ccc(C3CCC(CC)CC3)cc2)nc1. The molecule has 2 nitrogen and oxygen atoms in total. The summed E-state index contributed by atoms with van der Waals surface area (Å²) >= 11 is 0. The highest BCUT2D eigenvalue weighted by Crippen LogP contribution is 2.36. The van der Waals surface area contributed by atoms with Gasteiger partial charge in [-0.15, -0.1) is 0 Å². The van der Waals surface area contributed by atoms with E-state index in [1.807, 2.05) is 12.4 Å². The van der Waals surface area contributed by atoms with Crippen LogP contribution in [-0.4, -0.2) is 9.97 Å². The summed E-state index contributed by atoms with van der Waals surface area (Å²) in [6.45, 7) is 4.52. The minimum absolute atomic E-state index is 0.604. The molecule has 0 bridgehead atoms. The van der Waals surface area contributed by atoms with E-state index in [1.54, 1.807) is 0 Å². The van der Waals surface area contributed by atoms with Crippen LogP contribution in [0.4, 0.5) is 0 Å². The molecule has 136 valence electrons. The lowest BCUT2D eigenvalue weighted by Crippen LogP contribution is -2.12. The van der Waals surface area contributed by atoms with Crippen LogP contribution in [0.15, 0.2) is 36.7 Å². The average Bonchev–Trinajstić information content (AvgIpc) is 2.72. The van der Waals surface area contributed by atoms with Gasteiger partial charge in [0.05, 0.1) is 0 Å². The Morgan fingerprint density at radius 2 is 1.62 bits per heavy atom. The molecule has 0 atom stereocenters. The number of aryl methyl sites for hydroxylation is 1. The van der Waals surface area contributed by atoms with E-state index in [1.165, 1.54) is 56.1 Å². The summed E-state index contributed by atoms with van der Waals surface area (Å²) in [5.41, 5.74) is 3.70. The van der Waals surface area contributed by atoms with Gasteiger partial charge in [0.1, 0.15) is 0 Å². The van der Waals surface area contributed by atoms with Crippen molar-refractivity contribution in [2.45, 2.75) is 71.1 Å². The summed E-state index contributed by atoms with van der Waals surface area (Å²) in [6.07, 6.45) is 14.0. The monoisotopic (exact) mass is 346 g/mol. The van der Waals surface area contributed by atoms with Gasteiger partial charge in [0.2, 0.25) is 5.82 Å². The quantitative estimate of drug-likeness (QED) is 0.630. The van der Waals surface area contributed by atoms with Crippen molar-refractivity contribution < 1.29 is 0 Å². The van der Waals surface area contributed by atoms with Crippen LogP contribution in [0.3, 0.4) is 0 Å². The second-order valence-corrected chi connectivity index (χ2v) is 7.52. The molecule has 0 amide bonds. The van der Waals surface area contributed by atoms with Gasteiger partial charge < -0.3 is 0 Å². The summed E-state index contributed by atoms with van der Waals surface area (Å²) in [4.78, 5) is 8.74. The first kappa shape index (κ1) is 18.6. The zero-order chi connectivity index (χ0) is 18.2. The highest BCUT2D eigenvalue weighted by Gasteiger charge is 2.20. The van der Waals surface area contributed by atoms with E-state index in [0.717, 1.165) is 23.8 Å². The van der Waals surface area contributed by atoms with Gasteiger partial charge in [-0.05, 0) is 79.5 Å². The van der Waals surface area contributed by atoms with E-state index in [9.17, 15) is 0 Å². The van der Waals surface area contributed by atoms with E-state index in [2.05, 4.69) is 59.9 Å². The van der Waals surface area contributed by atoms with Crippen LogP contribution < -0.4 is 0 Å². The molecule has 0 radical (unpaired) electrons. The fourth-order valence-electron chi connectivity index (χ4n) is 3.80. The Morgan fingerprint density at radius 1 is 0.923 bits per heavy atom. The molecule has 2 aromatic rings. The molecule has 1 aromatic carbocycles. The summed E-state index contributed by atoms with van der Waals surface area (Å²) in [7, 11) is 0. The van der Waals surface area contributed by atoms with E-state index in [4.69, 9.17) is 0 Å². The Kier molecular flexibility index (Phi) is 6.83. The Balaban J connectivity index is 1.59. The van der Waals surface area contributed by atoms with Crippen molar-refractivity contribution in [3.63, 3.8) is 0 Å². The lowest BCUT2D eigenvalue weighted by molar-refractivity contribution is 0.319. The molecular weight excluding hydrogens is 316 g/mol. The molecule has 0 spiro atoms. The van der Waals surface area contributed by atoms with Crippen LogP contribution in [0.25, 0.3) is 0 Å². The maximum atomic E-state index is 4.37. The topological polar surface area (TPSA) is 25.8 Å². The molecule has 1 heterocycles. The normalized spacial score (nSPS) is 19.6. The zero-order valence-electron chi connectivity index (χ0n) is 16.2. The number of hydrogen-bond donors (Lipinski definition) is 0. The third-order valence-electron chi connectivity index (χ3n) is 5.65. The highest BCUT2D eigenvalue weighted by atomic mass is 14.8. The van der Waals surface area contributed by atoms with Crippen LogP contribution >= 0.6 is 0 Å². The Bertz CT molecular complexity index is 727. The van der Waals surface area contributed by atoms with Gasteiger partial charge >= 0.3 is 0 Å². The molecule has 1 aliphatic carbocycles. The standard InChI is InChI=1S/C24H30N2/c1-3-5-6-21-17-25-24(26-18-21)16-11-20-9-14-23(15-10-20)22-12-7-19(4-2)8-13-22/h9-10,14-15,17-19,22H,3-8,12-13H2,1-2H3. The minimum atomic E-state index is 0.604. The van der Waals surface area contributed by atoms with Crippen LogP contribution in [0.1, 0.15) is 87.2 Å².